The fraction of sp³-hybridized carbons (Fsp3) is 0.318. The summed E-state index contributed by atoms with van der Waals surface area (Å²) in [6, 6.07) is 12.0. The molecule has 2 heterocycles. The van der Waals surface area contributed by atoms with Gasteiger partial charge in [0, 0.05) is 31.0 Å². The number of ether oxygens (including phenoxy) is 1. The Labute approximate surface area is 178 Å². The van der Waals surface area contributed by atoms with Crippen LogP contribution in [0.15, 0.2) is 48.5 Å². The van der Waals surface area contributed by atoms with E-state index in [0.29, 0.717) is 16.8 Å². The Hall–Kier alpha value is -3.75. The SMILES string of the molecule is CC(C)N1C(=O)c2ccccc2N2C(=O)CC[C@@]21C(=O)OCc1ccc([N+](=O)[O-])cc1. The minimum Gasteiger partial charge on any atom is -0.458 e. The number of rotatable bonds is 5. The third-order valence-corrected chi connectivity index (χ3v) is 5.66. The van der Waals surface area contributed by atoms with Crippen molar-refractivity contribution in [3.8, 4) is 0 Å². The fourth-order valence-electron chi connectivity index (χ4n) is 4.35. The Kier molecular flexibility index (Phi) is 4.96. The number of carbonyl (C=O) groups is 3. The van der Waals surface area contributed by atoms with Crippen molar-refractivity contribution in [2.45, 2.75) is 45.0 Å². The van der Waals surface area contributed by atoms with Gasteiger partial charge in [-0.1, -0.05) is 12.1 Å². The highest BCUT2D eigenvalue weighted by Crippen LogP contribution is 2.46. The van der Waals surface area contributed by atoms with Crippen molar-refractivity contribution in [3.63, 3.8) is 0 Å². The highest BCUT2D eigenvalue weighted by atomic mass is 16.6. The molecule has 1 fully saturated rings. The smallest absolute Gasteiger partial charge is 0.354 e. The zero-order chi connectivity index (χ0) is 22.3. The molecule has 1 saturated heterocycles. The number of fused-ring (bicyclic) bond motifs is 3. The first-order valence-electron chi connectivity index (χ1n) is 9.93. The van der Waals surface area contributed by atoms with Crippen LogP contribution in [0.3, 0.4) is 0 Å². The molecule has 0 N–H and O–H groups in total. The highest BCUT2D eigenvalue weighted by Gasteiger charge is 2.62. The van der Waals surface area contributed by atoms with Crippen molar-refractivity contribution in [3.05, 3.63) is 69.8 Å². The van der Waals surface area contributed by atoms with Crippen molar-refractivity contribution in [2.75, 3.05) is 4.90 Å². The molecule has 2 aliphatic heterocycles. The average molecular weight is 423 g/mol. The Balaban J connectivity index is 1.69. The minimum absolute atomic E-state index is 0.0679. The summed E-state index contributed by atoms with van der Waals surface area (Å²) in [5.41, 5.74) is -0.298. The number of carbonyl (C=O) groups excluding carboxylic acids is 3. The number of para-hydroxylation sites is 1. The van der Waals surface area contributed by atoms with Crippen LogP contribution in [-0.2, 0) is 20.9 Å². The summed E-state index contributed by atoms with van der Waals surface area (Å²) < 4.78 is 5.57. The summed E-state index contributed by atoms with van der Waals surface area (Å²) in [5, 5.41) is 10.8. The van der Waals surface area contributed by atoms with E-state index in [-0.39, 0.29) is 43.0 Å². The highest BCUT2D eigenvalue weighted by molar-refractivity contribution is 6.15. The van der Waals surface area contributed by atoms with Crippen LogP contribution in [0.25, 0.3) is 0 Å². The topological polar surface area (TPSA) is 110 Å². The van der Waals surface area contributed by atoms with Crippen molar-refractivity contribution in [1.29, 1.82) is 0 Å². The van der Waals surface area contributed by atoms with Gasteiger partial charge in [0.05, 0.1) is 16.2 Å². The molecule has 4 rings (SSSR count). The lowest BCUT2D eigenvalue weighted by Gasteiger charge is -2.50. The number of non-ortho nitro benzene ring substituents is 1. The first kappa shape index (κ1) is 20.5. The normalized spacial score (nSPS) is 20.0. The van der Waals surface area contributed by atoms with E-state index >= 15 is 0 Å². The van der Waals surface area contributed by atoms with Crippen LogP contribution in [-0.4, -0.2) is 39.3 Å². The first-order valence-corrected chi connectivity index (χ1v) is 9.93. The molecular weight excluding hydrogens is 402 g/mol. The first-order chi connectivity index (χ1) is 14.8. The number of nitro benzene ring substituents is 1. The molecule has 9 nitrogen and oxygen atoms in total. The molecule has 0 bridgehead atoms. The maximum atomic E-state index is 13.4. The van der Waals surface area contributed by atoms with Crippen molar-refractivity contribution in [1.82, 2.24) is 4.90 Å². The van der Waals surface area contributed by atoms with Gasteiger partial charge in [0.15, 0.2) is 0 Å². The van der Waals surface area contributed by atoms with Crippen LogP contribution in [0.5, 0.6) is 0 Å². The fourth-order valence-corrected chi connectivity index (χ4v) is 4.35. The van der Waals surface area contributed by atoms with Crippen LogP contribution in [0.4, 0.5) is 11.4 Å². The van der Waals surface area contributed by atoms with Gasteiger partial charge in [-0.2, -0.15) is 0 Å². The van der Waals surface area contributed by atoms with E-state index in [1.54, 1.807) is 38.1 Å². The summed E-state index contributed by atoms with van der Waals surface area (Å²) in [6.45, 7) is 3.44. The van der Waals surface area contributed by atoms with Crippen LogP contribution in [0, 0.1) is 10.1 Å². The molecular formula is C22H21N3O6. The van der Waals surface area contributed by atoms with Gasteiger partial charge in [-0.3, -0.25) is 24.6 Å². The summed E-state index contributed by atoms with van der Waals surface area (Å²) in [6.07, 6.45) is 0.237. The van der Waals surface area contributed by atoms with Gasteiger partial charge in [-0.15, -0.1) is 0 Å². The number of nitrogens with zero attached hydrogens (tertiary/aromatic N) is 3. The zero-order valence-corrected chi connectivity index (χ0v) is 17.1. The molecule has 2 aromatic carbocycles. The van der Waals surface area contributed by atoms with E-state index in [1.807, 2.05) is 0 Å². The average Bonchev–Trinajstić information content (AvgIpc) is 3.10. The van der Waals surface area contributed by atoms with Gasteiger partial charge in [0.1, 0.15) is 6.61 Å². The van der Waals surface area contributed by atoms with E-state index in [0.717, 1.165) is 0 Å². The van der Waals surface area contributed by atoms with Gasteiger partial charge < -0.3 is 9.64 Å². The summed E-state index contributed by atoms with van der Waals surface area (Å²) in [5.74, 6) is -1.28. The number of amides is 2. The Bertz CT molecular complexity index is 1080. The maximum Gasteiger partial charge on any atom is 0.354 e. The predicted molar refractivity (Wildman–Crippen MR) is 110 cm³/mol. The van der Waals surface area contributed by atoms with E-state index in [4.69, 9.17) is 4.74 Å². The molecule has 0 aliphatic carbocycles. The Morgan fingerprint density at radius 2 is 1.84 bits per heavy atom. The second-order valence-corrected chi connectivity index (χ2v) is 7.83. The second-order valence-electron chi connectivity index (χ2n) is 7.83. The molecule has 2 aromatic rings. The summed E-state index contributed by atoms with van der Waals surface area (Å²) in [7, 11) is 0. The molecule has 9 heteroatoms. The molecule has 0 radical (unpaired) electrons. The predicted octanol–water partition coefficient (Wildman–Crippen LogP) is 3.03. The third kappa shape index (κ3) is 3.13. The molecule has 0 saturated carbocycles. The lowest BCUT2D eigenvalue weighted by Crippen LogP contribution is -2.70. The monoisotopic (exact) mass is 423 g/mol. The molecule has 0 spiro atoms. The van der Waals surface area contributed by atoms with Gasteiger partial charge in [-0.05, 0) is 43.7 Å². The van der Waals surface area contributed by atoms with Crippen molar-refractivity contribution >= 4 is 29.2 Å². The zero-order valence-electron chi connectivity index (χ0n) is 17.1. The van der Waals surface area contributed by atoms with Crippen LogP contribution >= 0.6 is 0 Å². The van der Waals surface area contributed by atoms with Gasteiger partial charge in [-0.25, -0.2) is 4.79 Å². The Morgan fingerprint density at radius 1 is 1.16 bits per heavy atom. The molecule has 31 heavy (non-hydrogen) atoms. The van der Waals surface area contributed by atoms with Gasteiger partial charge in [0.25, 0.3) is 11.6 Å². The number of benzene rings is 2. The molecule has 160 valence electrons. The summed E-state index contributed by atoms with van der Waals surface area (Å²) in [4.78, 5) is 52.7. The number of hydrogen-bond donors (Lipinski definition) is 0. The van der Waals surface area contributed by atoms with E-state index in [2.05, 4.69) is 0 Å². The van der Waals surface area contributed by atoms with Gasteiger partial charge >= 0.3 is 5.97 Å². The summed E-state index contributed by atoms with van der Waals surface area (Å²) >= 11 is 0. The minimum atomic E-state index is -1.56. The molecule has 0 unspecified atom stereocenters. The lowest BCUT2D eigenvalue weighted by atomic mass is 9.95. The lowest BCUT2D eigenvalue weighted by molar-refractivity contribution is -0.384. The number of hydrogen-bond acceptors (Lipinski definition) is 6. The second kappa shape index (κ2) is 7.50. The maximum absolute atomic E-state index is 13.4. The van der Waals surface area contributed by atoms with Crippen molar-refractivity contribution in [2.24, 2.45) is 0 Å². The Morgan fingerprint density at radius 3 is 2.48 bits per heavy atom. The van der Waals surface area contributed by atoms with Crippen LogP contribution in [0.1, 0.15) is 42.6 Å². The number of nitro groups is 1. The number of esters is 1. The van der Waals surface area contributed by atoms with E-state index < -0.39 is 16.6 Å². The van der Waals surface area contributed by atoms with Crippen LogP contribution in [0.2, 0.25) is 0 Å². The standard InChI is InChI=1S/C22H21N3O6/c1-14(2)23-20(27)17-5-3-4-6-18(17)24-19(26)11-12-22(23,24)21(28)31-13-15-7-9-16(10-8-15)25(29)30/h3-10,14H,11-13H2,1-2H3/t22-/m0/s1. The molecule has 2 aliphatic rings. The third-order valence-electron chi connectivity index (χ3n) is 5.66. The largest absolute Gasteiger partial charge is 0.458 e. The molecule has 1 atom stereocenters. The molecule has 0 aromatic heterocycles. The van der Waals surface area contributed by atoms with Gasteiger partial charge in [0.2, 0.25) is 11.6 Å². The number of anilines is 1. The van der Waals surface area contributed by atoms with Crippen LogP contribution < -0.4 is 4.90 Å². The van der Waals surface area contributed by atoms with E-state index in [9.17, 15) is 24.5 Å². The van der Waals surface area contributed by atoms with E-state index in [1.165, 1.54) is 34.1 Å². The van der Waals surface area contributed by atoms with Crippen molar-refractivity contribution < 1.29 is 24.0 Å². The molecule has 2 amide bonds. The quantitative estimate of drug-likeness (QED) is 0.415.